The van der Waals surface area contributed by atoms with Gasteiger partial charge in [-0.05, 0) is 66.7 Å². The maximum atomic E-state index is 15.1. The normalized spacial score (nSPS) is 12.0. The highest BCUT2D eigenvalue weighted by atomic mass is 32.2. The van der Waals surface area contributed by atoms with E-state index in [0.717, 1.165) is 35.2 Å². The fraction of sp³-hybridized carbons (Fsp3) is 0.219. The summed E-state index contributed by atoms with van der Waals surface area (Å²) in [5.41, 5.74) is 4.36. The molecule has 0 fully saturated rings. The number of aromatic nitrogens is 3. The molecule has 2 heterocycles. The number of alkyl halides is 5. The number of oxazole rings is 1. The second kappa shape index (κ2) is 13.9. The van der Waals surface area contributed by atoms with Crippen molar-refractivity contribution in [3.63, 3.8) is 0 Å². The number of hydrogen-bond donors (Lipinski definition) is 2. The van der Waals surface area contributed by atoms with Crippen molar-refractivity contribution in [3.8, 4) is 50.7 Å². The monoisotopic (exact) mass is 710 g/mol. The molecule has 0 radical (unpaired) electrons. The average Bonchev–Trinajstić information content (AvgIpc) is 3.63. The molecule has 0 unspecified atom stereocenters. The number of aryl methyl sites for hydroxylation is 2. The summed E-state index contributed by atoms with van der Waals surface area (Å²) in [6.45, 7) is 0.603. The average molecular weight is 711 g/mol. The van der Waals surface area contributed by atoms with E-state index in [1.54, 1.807) is 0 Å². The van der Waals surface area contributed by atoms with Crippen LogP contribution in [0.25, 0.3) is 45.0 Å². The van der Waals surface area contributed by atoms with Crippen molar-refractivity contribution in [1.82, 2.24) is 14.8 Å². The van der Waals surface area contributed by atoms with Crippen molar-refractivity contribution in [1.29, 1.82) is 0 Å². The highest BCUT2D eigenvalue weighted by Gasteiger charge is 2.35. The zero-order chi connectivity index (χ0) is 36.5. The van der Waals surface area contributed by atoms with Crippen LogP contribution in [0.2, 0.25) is 0 Å². The van der Waals surface area contributed by atoms with Crippen LogP contribution in [0.3, 0.4) is 0 Å². The molecule has 0 amide bonds. The first kappa shape index (κ1) is 36.8. The standard InChI is InChI=1S/C31H23F6N3O6S.CH5N/c1-16-38-28(17-4-7-20(8-5-17)46-31(35,36)37)29(45-16)22-10-18(19-11-24(32)23(14-41)26(12-19)47(3,43)44)6-9-21(22)25-13-27(39-40(25)2)30(33,34)15-42;1-2/h4-13,15,41H,14H2,1-3H3;2H2,1H3. The van der Waals surface area contributed by atoms with Gasteiger partial charge in [-0.3, -0.25) is 9.48 Å². The van der Waals surface area contributed by atoms with Gasteiger partial charge in [0.05, 0.1) is 17.2 Å². The quantitative estimate of drug-likeness (QED) is 0.135. The summed E-state index contributed by atoms with van der Waals surface area (Å²) >= 11 is 0. The molecule has 0 saturated heterocycles. The van der Waals surface area contributed by atoms with Gasteiger partial charge in [0.25, 0.3) is 0 Å². The molecule has 0 aliphatic carbocycles. The van der Waals surface area contributed by atoms with Crippen LogP contribution in [-0.2, 0) is 34.2 Å². The number of halogens is 6. The second-order valence-corrected chi connectivity index (χ2v) is 12.4. The summed E-state index contributed by atoms with van der Waals surface area (Å²) in [5, 5.41) is 13.4. The fourth-order valence-electron chi connectivity index (χ4n) is 4.96. The van der Waals surface area contributed by atoms with Crippen molar-refractivity contribution in [2.24, 2.45) is 12.8 Å². The first-order valence-corrected chi connectivity index (χ1v) is 15.9. The van der Waals surface area contributed by atoms with Crippen molar-refractivity contribution in [2.75, 3.05) is 13.3 Å². The Labute approximate surface area is 275 Å². The van der Waals surface area contributed by atoms with Gasteiger partial charge in [0.2, 0.25) is 0 Å². The van der Waals surface area contributed by atoms with E-state index in [1.807, 2.05) is 0 Å². The van der Waals surface area contributed by atoms with Gasteiger partial charge in [0.1, 0.15) is 23.0 Å². The third kappa shape index (κ3) is 7.84. The third-order valence-corrected chi connectivity index (χ3v) is 8.21. The molecule has 3 N–H and O–H groups in total. The fourth-order valence-corrected chi connectivity index (χ4v) is 5.91. The number of carbonyl (C=O) groups is 1. The molecular formula is C32H28F6N4O6S. The number of sulfone groups is 1. The minimum absolute atomic E-state index is 0.0181. The molecule has 0 atom stereocenters. The molecule has 10 nitrogen and oxygen atoms in total. The number of aliphatic hydroxyl groups is 1. The van der Waals surface area contributed by atoms with Crippen molar-refractivity contribution in [2.45, 2.75) is 30.7 Å². The number of nitrogens with zero attached hydrogens (tertiary/aromatic N) is 3. The maximum Gasteiger partial charge on any atom is 0.573 e. The molecule has 0 aliphatic rings. The summed E-state index contributed by atoms with van der Waals surface area (Å²) in [5.74, 6) is -5.29. The lowest BCUT2D eigenvalue weighted by Gasteiger charge is -2.14. The van der Waals surface area contributed by atoms with Crippen LogP contribution < -0.4 is 10.5 Å². The van der Waals surface area contributed by atoms with E-state index in [-0.39, 0.29) is 50.9 Å². The predicted octanol–water partition coefficient (Wildman–Crippen LogP) is 6.18. The van der Waals surface area contributed by atoms with E-state index in [1.165, 1.54) is 57.4 Å². The number of carbonyl (C=O) groups excluding carboxylic acids is 1. The van der Waals surface area contributed by atoms with Gasteiger partial charge in [-0.25, -0.2) is 17.8 Å². The number of benzene rings is 3. The Kier molecular flexibility index (Phi) is 10.4. The zero-order valence-corrected chi connectivity index (χ0v) is 27.0. The maximum absolute atomic E-state index is 15.1. The van der Waals surface area contributed by atoms with Gasteiger partial charge < -0.3 is 20.0 Å². The first-order chi connectivity index (χ1) is 22.9. The Morgan fingerprint density at radius 1 is 0.959 bits per heavy atom. The number of hydrogen-bond acceptors (Lipinski definition) is 9. The summed E-state index contributed by atoms with van der Waals surface area (Å²) in [4.78, 5) is 15.0. The lowest BCUT2D eigenvalue weighted by molar-refractivity contribution is -0.274. The van der Waals surface area contributed by atoms with Gasteiger partial charge >= 0.3 is 12.3 Å². The summed E-state index contributed by atoms with van der Waals surface area (Å²) in [7, 11) is -1.15. The van der Waals surface area contributed by atoms with Gasteiger partial charge in [0, 0.05) is 42.5 Å². The van der Waals surface area contributed by atoms with Crippen LogP contribution in [0.4, 0.5) is 26.3 Å². The Bertz CT molecular complexity index is 2110. The molecule has 0 saturated carbocycles. The minimum Gasteiger partial charge on any atom is -0.440 e. The highest BCUT2D eigenvalue weighted by molar-refractivity contribution is 7.90. The summed E-state index contributed by atoms with van der Waals surface area (Å²) in [6.07, 6.45) is -4.64. The molecule has 17 heteroatoms. The molecular weight excluding hydrogens is 682 g/mol. The van der Waals surface area contributed by atoms with Gasteiger partial charge in [-0.2, -0.15) is 13.9 Å². The van der Waals surface area contributed by atoms with E-state index < -0.39 is 62.7 Å². The third-order valence-electron chi connectivity index (χ3n) is 7.05. The Morgan fingerprint density at radius 3 is 2.16 bits per heavy atom. The molecule has 0 bridgehead atoms. The van der Waals surface area contributed by atoms with Gasteiger partial charge in [0.15, 0.2) is 27.8 Å². The Balaban J connectivity index is 0.00000265. The van der Waals surface area contributed by atoms with Crippen LogP contribution in [0, 0.1) is 12.7 Å². The van der Waals surface area contributed by atoms with Crippen molar-refractivity contribution < 1.29 is 53.8 Å². The van der Waals surface area contributed by atoms with E-state index in [9.17, 15) is 40.3 Å². The van der Waals surface area contributed by atoms with E-state index in [0.29, 0.717) is 0 Å². The number of ether oxygens (including phenoxy) is 1. The van der Waals surface area contributed by atoms with Crippen LogP contribution in [-0.4, -0.2) is 54.2 Å². The Hall–Kier alpha value is -5.00. The van der Waals surface area contributed by atoms with E-state index in [2.05, 4.69) is 20.6 Å². The van der Waals surface area contributed by atoms with E-state index in [4.69, 9.17) is 4.42 Å². The topological polar surface area (TPSA) is 151 Å². The van der Waals surface area contributed by atoms with Gasteiger partial charge in [-0.15, -0.1) is 13.2 Å². The zero-order valence-electron chi connectivity index (χ0n) is 26.1. The molecule has 0 spiro atoms. The molecule has 2 aromatic heterocycles. The van der Waals surface area contributed by atoms with Crippen molar-refractivity contribution in [3.05, 3.63) is 83.6 Å². The van der Waals surface area contributed by atoms with Crippen LogP contribution in [0.15, 0.2) is 70.0 Å². The lowest BCUT2D eigenvalue weighted by Crippen LogP contribution is -2.16. The van der Waals surface area contributed by atoms with Gasteiger partial charge in [-0.1, -0.05) is 12.1 Å². The first-order valence-electron chi connectivity index (χ1n) is 14.0. The second-order valence-electron chi connectivity index (χ2n) is 10.4. The van der Waals surface area contributed by atoms with Crippen LogP contribution in [0.5, 0.6) is 5.75 Å². The molecule has 0 aliphatic heterocycles. The van der Waals surface area contributed by atoms with Crippen LogP contribution in [0.1, 0.15) is 17.1 Å². The smallest absolute Gasteiger partial charge is 0.440 e. The highest BCUT2D eigenvalue weighted by Crippen LogP contribution is 2.42. The molecule has 3 aromatic carbocycles. The van der Waals surface area contributed by atoms with Crippen LogP contribution >= 0.6 is 0 Å². The predicted molar refractivity (Wildman–Crippen MR) is 165 cm³/mol. The minimum atomic E-state index is -4.93. The molecule has 5 rings (SSSR count). The largest absolute Gasteiger partial charge is 0.573 e. The summed E-state index contributed by atoms with van der Waals surface area (Å²) < 4.78 is 118. The number of nitrogens with two attached hydrogens (primary N) is 1. The Morgan fingerprint density at radius 2 is 1.59 bits per heavy atom. The van der Waals surface area contributed by atoms with E-state index >= 15 is 4.39 Å². The van der Waals surface area contributed by atoms with Crippen molar-refractivity contribution >= 4 is 16.1 Å². The number of rotatable bonds is 9. The number of aliphatic hydroxyl groups excluding tert-OH is 1. The molecule has 49 heavy (non-hydrogen) atoms. The summed E-state index contributed by atoms with van der Waals surface area (Å²) in [6, 6.07) is 12.2. The number of aldehydes is 1. The molecule has 5 aromatic rings. The lowest BCUT2D eigenvalue weighted by atomic mass is 9.93. The molecule has 260 valence electrons. The SMILES string of the molecule is CN.Cc1nc(-c2ccc(OC(F)(F)F)cc2)c(-c2cc(-c3cc(F)c(CO)c(S(C)(=O)=O)c3)ccc2-c2cc(C(F)(F)C=O)nn2C)o1.